The quantitative estimate of drug-likeness (QED) is 0.624. The van der Waals surface area contributed by atoms with Crippen LogP contribution in [0.5, 0.6) is 0 Å². The lowest BCUT2D eigenvalue weighted by molar-refractivity contribution is 0.0698. The summed E-state index contributed by atoms with van der Waals surface area (Å²) < 4.78 is 1.98. The van der Waals surface area contributed by atoms with Gasteiger partial charge in [-0.2, -0.15) is 5.10 Å². The molecular formula is C21H23N5O2. The summed E-state index contributed by atoms with van der Waals surface area (Å²) in [5, 5.41) is 17.6. The summed E-state index contributed by atoms with van der Waals surface area (Å²) in [6.07, 6.45) is 6.81. The topological polar surface area (TPSA) is 106 Å². The summed E-state index contributed by atoms with van der Waals surface area (Å²) in [5.41, 5.74) is 8.55. The van der Waals surface area contributed by atoms with Crippen LogP contribution in [0.3, 0.4) is 0 Å². The second-order valence-corrected chi connectivity index (χ2v) is 7.15. The van der Waals surface area contributed by atoms with Gasteiger partial charge >= 0.3 is 5.97 Å². The van der Waals surface area contributed by atoms with E-state index in [1.54, 1.807) is 0 Å². The highest BCUT2D eigenvalue weighted by atomic mass is 16.4. The number of carboxylic acids is 1. The molecule has 7 heteroatoms. The fraction of sp³-hybridized carbons (Fsp3) is 0.286. The first kappa shape index (κ1) is 18.2. The maximum absolute atomic E-state index is 11.6. The summed E-state index contributed by atoms with van der Waals surface area (Å²) in [6, 6.07) is 13.9. The Kier molecular flexibility index (Phi) is 5.08. The first-order chi connectivity index (χ1) is 13.6. The molecule has 0 saturated heterocycles. The molecule has 1 aromatic carbocycles. The Bertz CT molecular complexity index is 962. The Morgan fingerprint density at radius 2 is 1.89 bits per heavy atom. The van der Waals surface area contributed by atoms with Crippen LogP contribution in [0.15, 0.2) is 54.9 Å². The first-order valence-corrected chi connectivity index (χ1v) is 9.46. The number of aromatic carboxylic acids is 1. The molecular weight excluding hydrogens is 354 g/mol. The van der Waals surface area contributed by atoms with E-state index in [2.05, 4.69) is 10.3 Å². The number of hydrogen-bond donors (Lipinski definition) is 3. The van der Waals surface area contributed by atoms with Gasteiger partial charge in [0.1, 0.15) is 5.82 Å². The van der Waals surface area contributed by atoms with Gasteiger partial charge in [0.2, 0.25) is 0 Å². The number of anilines is 2. The Labute approximate surface area is 163 Å². The number of pyridine rings is 1. The molecule has 2 heterocycles. The smallest absolute Gasteiger partial charge is 0.337 e. The number of rotatable bonds is 5. The molecule has 0 spiro atoms. The van der Waals surface area contributed by atoms with Gasteiger partial charge in [0, 0.05) is 23.9 Å². The van der Waals surface area contributed by atoms with Gasteiger partial charge in [0.05, 0.1) is 29.2 Å². The average molecular weight is 377 g/mol. The molecule has 1 aliphatic rings. The molecule has 144 valence electrons. The van der Waals surface area contributed by atoms with E-state index in [1.807, 2.05) is 41.1 Å². The van der Waals surface area contributed by atoms with Crippen LogP contribution >= 0.6 is 0 Å². The lowest BCUT2D eigenvalue weighted by Gasteiger charge is -2.27. The number of nitrogens with one attached hydrogen (secondary N) is 1. The molecule has 3 aromatic rings. The van der Waals surface area contributed by atoms with Gasteiger partial charge in [0.15, 0.2) is 0 Å². The third kappa shape index (κ3) is 3.75. The van der Waals surface area contributed by atoms with Gasteiger partial charge in [-0.05, 0) is 31.7 Å². The Morgan fingerprint density at radius 3 is 2.61 bits per heavy atom. The normalized spacial score (nSPS) is 19.3. The molecule has 2 aromatic heterocycles. The summed E-state index contributed by atoms with van der Waals surface area (Å²) in [6.45, 7) is 0. The molecule has 0 aliphatic heterocycles. The van der Waals surface area contributed by atoms with Crippen molar-refractivity contribution in [2.24, 2.45) is 5.73 Å². The van der Waals surface area contributed by atoms with E-state index in [4.69, 9.17) is 10.8 Å². The molecule has 1 fully saturated rings. The predicted molar refractivity (Wildman–Crippen MR) is 108 cm³/mol. The van der Waals surface area contributed by atoms with Crippen molar-refractivity contribution in [2.45, 2.75) is 37.8 Å². The maximum Gasteiger partial charge on any atom is 0.337 e. The fourth-order valence-corrected chi connectivity index (χ4v) is 3.68. The van der Waals surface area contributed by atoms with Crippen molar-refractivity contribution in [3.63, 3.8) is 0 Å². The summed E-state index contributed by atoms with van der Waals surface area (Å²) in [7, 11) is 0. The molecule has 0 bridgehead atoms. The highest BCUT2D eigenvalue weighted by Crippen LogP contribution is 2.34. The third-order valence-corrected chi connectivity index (χ3v) is 5.21. The second-order valence-electron chi connectivity index (χ2n) is 7.15. The second kappa shape index (κ2) is 7.82. The molecule has 7 nitrogen and oxygen atoms in total. The Hall–Kier alpha value is -3.19. The van der Waals surface area contributed by atoms with Crippen molar-refractivity contribution in [3.8, 4) is 11.3 Å². The van der Waals surface area contributed by atoms with Gasteiger partial charge in [-0.25, -0.2) is 9.48 Å². The van der Waals surface area contributed by atoms with Crippen LogP contribution < -0.4 is 11.1 Å². The number of nitrogens with two attached hydrogens (primary N) is 1. The number of carbonyl (C=O) groups is 1. The van der Waals surface area contributed by atoms with Gasteiger partial charge in [-0.3, -0.25) is 4.98 Å². The van der Waals surface area contributed by atoms with Crippen molar-refractivity contribution in [3.05, 3.63) is 60.4 Å². The summed E-state index contributed by atoms with van der Waals surface area (Å²) >= 11 is 0. The number of carboxylic acid groups (broad SMARTS) is 1. The van der Waals surface area contributed by atoms with Crippen molar-refractivity contribution >= 4 is 17.5 Å². The zero-order valence-corrected chi connectivity index (χ0v) is 15.5. The monoisotopic (exact) mass is 377 g/mol. The number of nitrogens with zero attached hydrogens (tertiary/aromatic N) is 3. The first-order valence-electron chi connectivity index (χ1n) is 9.46. The number of aromatic nitrogens is 3. The fourth-order valence-electron chi connectivity index (χ4n) is 3.68. The van der Waals surface area contributed by atoms with Crippen molar-refractivity contribution in [2.75, 3.05) is 5.32 Å². The standard InChI is InChI=1S/C21H23N5O2/c22-15-6-8-16(9-7-15)26-20(12-18(25-26)14-4-2-1-3-5-14)24-19-13-23-11-10-17(19)21(27)28/h1-5,10-13,15-16,24H,6-9,22H2,(H,27,28). The van der Waals surface area contributed by atoms with Crippen LogP contribution in [-0.2, 0) is 0 Å². The van der Waals surface area contributed by atoms with E-state index >= 15 is 0 Å². The van der Waals surface area contributed by atoms with Crippen LogP contribution in [-0.4, -0.2) is 31.9 Å². The van der Waals surface area contributed by atoms with Crippen molar-refractivity contribution in [1.29, 1.82) is 0 Å². The van der Waals surface area contributed by atoms with Crippen LogP contribution in [0.4, 0.5) is 11.5 Å². The maximum atomic E-state index is 11.6. The van der Waals surface area contributed by atoms with E-state index in [9.17, 15) is 9.90 Å². The molecule has 0 radical (unpaired) electrons. The van der Waals surface area contributed by atoms with E-state index < -0.39 is 5.97 Å². The lowest BCUT2D eigenvalue weighted by atomic mass is 9.92. The van der Waals surface area contributed by atoms with Gasteiger partial charge in [-0.15, -0.1) is 0 Å². The Morgan fingerprint density at radius 1 is 1.14 bits per heavy atom. The van der Waals surface area contributed by atoms with Crippen LogP contribution in [0, 0.1) is 0 Å². The average Bonchev–Trinajstić information content (AvgIpc) is 3.13. The predicted octanol–water partition coefficient (Wildman–Crippen LogP) is 3.83. The largest absolute Gasteiger partial charge is 0.478 e. The molecule has 1 saturated carbocycles. The highest BCUT2D eigenvalue weighted by molar-refractivity contribution is 5.94. The SMILES string of the molecule is NC1CCC(n2nc(-c3ccccc3)cc2Nc2cnccc2C(=O)O)CC1. The van der Waals surface area contributed by atoms with Gasteiger partial charge < -0.3 is 16.2 Å². The number of hydrogen-bond acceptors (Lipinski definition) is 5. The minimum Gasteiger partial charge on any atom is -0.478 e. The summed E-state index contributed by atoms with van der Waals surface area (Å²) in [4.78, 5) is 15.6. The molecule has 28 heavy (non-hydrogen) atoms. The Balaban J connectivity index is 1.72. The van der Waals surface area contributed by atoms with Gasteiger partial charge in [-0.1, -0.05) is 30.3 Å². The van der Waals surface area contributed by atoms with E-state index in [1.165, 1.54) is 18.5 Å². The lowest BCUT2D eigenvalue weighted by Crippen LogP contribution is -2.28. The minimum absolute atomic E-state index is 0.176. The number of benzene rings is 1. The minimum atomic E-state index is -0.997. The van der Waals surface area contributed by atoms with E-state index in [0.717, 1.165) is 42.8 Å². The molecule has 4 N–H and O–H groups in total. The van der Waals surface area contributed by atoms with Crippen molar-refractivity contribution in [1.82, 2.24) is 14.8 Å². The molecule has 0 atom stereocenters. The highest BCUT2D eigenvalue weighted by Gasteiger charge is 2.24. The van der Waals surface area contributed by atoms with Crippen LogP contribution in [0.25, 0.3) is 11.3 Å². The van der Waals surface area contributed by atoms with E-state index in [-0.39, 0.29) is 17.6 Å². The van der Waals surface area contributed by atoms with E-state index in [0.29, 0.717) is 5.69 Å². The zero-order valence-electron chi connectivity index (χ0n) is 15.5. The molecule has 4 rings (SSSR count). The third-order valence-electron chi connectivity index (χ3n) is 5.21. The van der Waals surface area contributed by atoms with Crippen LogP contribution in [0.2, 0.25) is 0 Å². The zero-order chi connectivity index (χ0) is 19.5. The molecule has 0 amide bonds. The van der Waals surface area contributed by atoms with Gasteiger partial charge in [0.25, 0.3) is 0 Å². The van der Waals surface area contributed by atoms with Crippen molar-refractivity contribution < 1.29 is 9.90 Å². The molecule has 1 aliphatic carbocycles. The van der Waals surface area contributed by atoms with Crippen LogP contribution in [0.1, 0.15) is 42.1 Å². The molecule has 0 unspecified atom stereocenters. The summed E-state index contributed by atoms with van der Waals surface area (Å²) in [5.74, 6) is -0.238.